The van der Waals surface area contributed by atoms with Gasteiger partial charge in [-0.15, -0.1) is 0 Å². The molecule has 1 amide bonds. The summed E-state index contributed by atoms with van der Waals surface area (Å²) in [6.07, 6.45) is 7.80. The Labute approximate surface area is 363 Å². The van der Waals surface area contributed by atoms with Gasteiger partial charge in [0.2, 0.25) is 11.3 Å². The minimum Gasteiger partial charge on any atom is -0.506 e. The number of carbonyl (C=O) groups excluding carboxylic acids is 2. The van der Waals surface area contributed by atoms with Crippen LogP contribution in [0.5, 0.6) is 17.2 Å². The Morgan fingerprint density at radius 1 is 0.823 bits per heavy atom. The van der Waals surface area contributed by atoms with Crippen molar-refractivity contribution >= 4 is 22.8 Å². The second-order valence-corrected chi connectivity index (χ2v) is 17.0. The van der Waals surface area contributed by atoms with Crippen LogP contribution in [-0.4, -0.2) is 90.6 Å². The molecule has 0 aliphatic carbocycles. The van der Waals surface area contributed by atoms with E-state index in [4.69, 9.17) is 14.2 Å². The number of ether oxygens (including phenoxy) is 3. The Balaban J connectivity index is 0.841. The Morgan fingerprint density at radius 3 is 2.26 bits per heavy atom. The number of rotatable bonds is 22. The van der Waals surface area contributed by atoms with E-state index in [9.17, 15) is 24.6 Å². The predicted molar refractivity (Wildman–Crippen MR) is 240 cm³/mol. The van der Waals surface area contributed by atoms with Gasteiger partial charge in [-0.2, -0.15) is 0 Å². The molecule has 12 heteroatoms. The van der Waals surface area contributed by atoms with Gasteiger partial charge in [0, 0.05) is 48.4 Å². The fraction of sp³-hybridized carbons (Fsp3) is 0.420. The minimum atomic E-state index is -0.763. The molecule has 8 rings (SSSR count). The number of phenolic OH excluding ortho intramolecular Hbond substituents is 1. The summed E-state index contributed by atoms with van der Waals surface area (Å²) in [7, 11) is 1.63. The van der Waals surface area contributed by atoms with E-state index in [2.05, 4.69) is 15.6 Å². The predicted octanol–water partition coefficient (Wildman–Crippen LogP) is 7.98. The van der Waals surface area contributed by atoms with E-state index < -0.39 is 18.2 Å². The zero-order chi connectivity index (χ0) is 43.3. The zero-order valence-electron chi connectivity index (χ0n) is 35.7. The highest BCUT2D eigenvalue weighted by molar-refractivity contribution is 5.97. The molecule has 0 radical (unpaired) electrons. The number of pyridine rings is 1. The molecule has 3 atom stereocenters. The maximum atomic E-state index is 13.7. The molecule has 12 nitrogen and oxygen atoms in total. The number of nitrogens with one attached hydrogen (secondary N) is 3. The number of Topliss-reactive ketones (excluding diaryl/α,β-unsaturated/α-hetero) is 1. The highest BCUT2D eigenvalue weighted by atomic mass is 16.6. The Hall–Kier alpha value is -5.69. The number of carbonyl (C=O) groups is 2. The number of fused-ring (bicyclic) bond motifs is 4. The summed E-state index contributed by atoms with van der Waals surface area (Å²) in [4.78, 5) is 41.3. The molecule has 3 saturated heterocycles. The second kappa shape index (κ2) is 21.4. The van der Waals surface area contributed by atoms with E-state index in [1.54, 1.807) is 19.2 Å². The lowest BCUT2D eigenvalue weighted by Crippen LogP contribution is -2.66. The third kappa shape index (κ3) is 11.6. The van der Waals surface area contributed by atoms with Crippen molar-refractivity contribution in [2.24, 2.45) is 5.92 Å². The summed E-state index contributed by atoms with van der Waals surface area (Å²) in [6, 6.07) is 30.8. The number of H-pyrrole nitrogens is 1. The molecular weight excluding hydrogens is 785 g/mol. The molecule has 1 unspecified atom stereocenters. The molecule has 0 saturated carbocycles. The number of unbranched alkanes of at least 4 members (excludes halogenated alkanes) is 6. The monoisotopic (exact) mass is 845 g/mol. The van der Waals surface area contributed by atoms with Gasteiger partial charge in [0.15, 0.2) is 6.10 Å². The van der Waals surface area contributed by atoms with Gasteiger partial charge in [0.25, 0.3) is 0 Å². The summed E-state index contributed by atoms with van der Waals surface area (Å²) in [5, 5.41) is 28.0. The quantitative estimate of drug-likeness (QED) is 0.0265. The number of quaternary nitrogens is 1. The molecular formula is C50H61N4O8+. The third-order valence-corrected chi connectivity index (χ3v) is 12.6. The SMILES string of the molecule is COc1cc(OCCCCCCCCCNC[C@@H](O)c2ccc(O)c3[nH]c(=O)ccc23)cc(C(NC(=O)O[C@H]2C[N+]3(CC(=O)c4ccccc4)CCC2CC3)c2ccccc2)c1. The first kappa shape index (κ1) is 44.4. The molecule has 0 spiro atoms. The second-order valence-electron chi connectivity index (χ2n) is 17.0. The zero-order valence-corrected chi connectivity index (χ0v) is 35.7. The first-order chi connectivity index (χ1) is 30.2. The van der Waals surface area contributed by atoms with Crippen LogP contribution in [0.1, 0.15) is 97.0 Å². The van der Waals surface area contributed by atoms with Crippen molar-refractivity contribution in [3.8, 4) is 17.2 Å². The fourth-order valence-corrected chi connectivity index (χ4v) is 9.18. The molecule has 5 aromatic rings. The average Bonchev–Trinajstić information content (AvgIpc) is 3.29. The van der Waals surface area contributed by atoms with E-state index >= 15 is 0 Å². The van der Waals surface area contributed by atoms with E-state index in [0.717, 1.165) is 94.1 Å². The van der Waals surface area contributed by atoms with Gasteiger partial charge < -0.3 is 44.5 Å². The van der Waals surface area contributed by atoms with Crippen LogP contribution in [0.15, 0.2) is 108 Å². The van der Waals surface area contributed by atoms with Crippen molar-refractivity contribution in [1.82, 2.24) is 15.6 Å². The van der Waals surface area contributed by atoms with Crippen molar-refractivity contribution in [3.63, 3.8) is 0 Å². The largest absolute Gasteiger partial charge is 0.506 e. The lowest BCUT2D eigenvalue weighted by Gasteiger charge is -2.51. The summed E-state index contributed by atoms with van der Waals surface area (Å²) < 4.78 is 18.8. The number of hydrogen-bond donors (Lipinski definition) is 5. The van der Waals surface area contributed by atoms with Crippen molar-refractivity contribution in [1.29, 1.82) is 0 Å². The van der Waals surface area contributed by atoms with Crippen LogP contribution >= 0.6 is 0 Å². The number of aromatic amines is 1. The van der Waals surface area contributed by atoms with Crippen molar-refractivity contribution in [3.05, 3.63) is 136 Å². The van der Waals surface area contributed by atoms with E-state index in [1.807, 2.05) is 78.9 Å². The summed E-state index contributed by atoms with van der Waals surface area (Å²) in [5.41, 5.74) is 3.15. The van der Waals surface area contributed by atoms with Gasteiger partial charge >= 0.3 is 6.09 Å². The van der Waals surface area contributed by atoms with Crippen LogP contribution in [-0.2, 0) is 4.74 Å². The number of methoxy groups -OCH3 is 1. The first-order valence-corrected chi connectivity index (χ1v) is 22.2. The maximum Gasteiger partial charge on any atom is 0.408 e. The Kier molecular flexibility index (Phi) is 15.3. The van der Waals surface area contributed by atoms with Crippen LogP contribution in [0.3, 0.4) is 0 Å². The van der Waals surface area contributed by atoms with Crippen LogP contribution in [0.4, 0.5) is 4.79 Å². The number of aliphatic hydroxyl groups excluding tert-OH is 1. The number of aromatic hydroxyl groups is 1. The van der Waals surface area contributed by atoms with Gasteiger partial charge in [-0.3, -0.25) is 9.59 Å². The summed E-state index contributed by atoms with van der Waals surface area (Å²) in [6.45, 7) is 4.64. The van der Waals surface area contributed by atoms with Gasteiger partial charge in [-0.05, 0) is 60.3 Å². The lowest BCUT2D eigenvalue weighted by molar-refractivity contribution is -0.938. The van der Waals surface area contributed by atoms with Crippen molar-refractivity contribution in [2.45, 2.75) is 76.0 Å². The number of benzene rings is 4. The Morgan fingerprint density at radius 2 is 1.52 bits per heavy atom. The number of hydrogen-bond acceptors (Lipinski definition) is 9. The van der Waals surface area contributed by atoms with E-state index in [-0.39, 0.29) is 29.1 Å². The average molecular weight is 846 g/mol. The lowest BCUT2D eigenvalue weighted by atomic mass is 9.83. The number of nitrogens with zero attached hydrogens (tertiary/aromatic N) is 1. The summed E-state index contributed by atoms with van der Waals surface area (Å²) >= 11 is 0. The number of ketones is 1. The maximum absolute atomic E-state index is 13.7. The molecule has 3 fully saturated rings. The normalized spacial score (nSPS) is 19.1. The van der Waals surface area contributed by atoms with Gasteiger partial charge in [-0.25, -0.2) is 4.79 Å². The first-order valence-electron chi connectivity index (χ1n) is 22.2. The van der Waals surface area contributed by atoms with Crippen LogP contribution in [0, 0.1) is 5.92 Å². The third-order valence-electron chi connectivity index (χ3n) is 12.6. The highest BCUT2D eigenvalue weighted by Gasteiger charge is 2.48. The van der Waals surface area contributed by atoms with E-state index in [1.165, 1.54) is 12.1 Å². The van der Waals surface area contributed by atoms with Gasteiger partial charge in [0.05, 0.1) is 44.5 Å². The number of alkyl carbamates (subject to hydrolysis) is 1. The minimum absolute atomic E-state index is 0.0196. The molecule has 4 heterocycles. The number of aromatic nitrogens is 1. The molecule has 1 aromatic heterocycles. The number of piperidine rings is 3. The topological polar surface area (TPSA) is 159 Å². The van der Waals surface area contributed by atoms with Crippen LogP contribution in [0.25, 0.3) is 10.9 Å². The number of phenols is 1. The van der Waals surface area contributed by atoms with Crippen molar-refractivity contribution < 1.29 is 38.5 Å². The molecule has 4 aromatic carbocycles. The van der Waals surface area contributed by atoms with Crippen molar-refractivity contribution in [2.75, 3.05) is 53.0 Å². The number of amides is 1. The molecule has 5 N–H and O–H groups in total. The molecule has 62 heavy (non-hydrogen) atoms. The molecule has 3 aliphatic heterocycles. The van der Waals surface area contributed by atoms with Crippen LogP contribution < -0.4 is 25.7 Å². The van der Waals surface area contributed by atoms with E-state index in [0.29, 0.717) is 58.7 Å². The number of aliphatic hydroxyl groups is 1. The molecule has 328 valence electrons. The Bertz CT molecular complexity index is 2290. The highest BCUT2D eigenvalue weighted by Crippen LogP contribution is 2.37. The smallest absolute Gasteiger partial charge is 0.408 e. The van der Waals surface area contributed by atoms with Gasteiger partial charge in [-0.1, -0.05) is 98.8 Å². The standard InChI is InChI=1S/C50H60N4O8/c1-60-39-29-38(30-40(31-39)61-28-14-6-4-2-3-5-13-25-51-32-44(56)41-19-21-43(55)49-42(41)20-22-47(58)52-49)48(37-17-11-8-12-18-37)53-50(59)62-46-34-54(26-23-36(46)24-27-54)33-45(57)35-15-9-7-10-16-35/h7-12,15-22,29-31,36,44,46,48,51,56H,2-6,13-14,23-28,32-34H2,1H3,(H2-,52,53,55,58,59)/p+1/t36?,44-,46+,48?,54?/m1/s1. The van der Waals surface area contributed by atoms with Crippen LogP contribution in [0.2, 0.25) is 0 Å². The fourth-order valence-electron chi connectivity index (χ4n) is 9.18. The summed E-state index contributed by atoms with van der Waals surface area (Å²) in [5.74, 6) is 1.70. The molecule has 3 aliphatic rings. The molecule has 2 bridgehead atoms. The van der Waals surface area contributed by atoms with Gasteiger partial charge in [0.1, 0.15) is 30.3 Å².